The van der Waals surface area contributed by atoms with E-state index in [0.29, 0.717) is 0 Å². The van der Waals surface area contributed by atoms with Crippen LogP contribution in [-0.4, -0.2) is 54.8 Å². The van der Waals surface area contributed by atoms with E-state index in [-0.39, 0.29) is 23.5 Å². The Labute approximate surface area is 163 Å². The van der Waals surface area contributed by atoms with Crippen LogP contribution >= 0.6 is 11.8 Å². The molecule has 3 heterocycles. The molecule has 1 saturated heterocycles. The number of aliphatic hydroxyl groups is 3. The molecule has 1 aliphatic heterocycles. The molecule has 28 heavy (non-hydrogen) atoms. The Kier molecular flexibility index (Phi) is 4.60. The number of fused-ring (bicyclic) bond motifs is 1. The molecule has 0 amide bonds. The van der Waals surface area contributed by atoms with E-state index in [2.05, 4.69) is 9.97 Å². The SMILES string of the molecule is Nc1nc2c(c(=O)[nH]1)[n+](Cl)cn2[C@]1(Cc2ccccc2)O[C@H](CO)[C@@H](O)[C@H]1O. The second-order valence-electron chi connectivity index (χ2n) is 6.70. The van der Waals surface area contributed by atoms with Crippen molar-refractivity contribution < 1.29 is 24.1 Å². The second kappa shape index (κ2) is 6.83. The van der Waals surface area contributed by atoms with Gasteiger partial charge in [0.15, 0.2) is 6.10 Å². The predicted octanol–water partition coefficient (Wildman–Crippen LogP) is -1.40. The van der Waals surface area contributed by atoms with Crippen molar-refractivity contribution in [1.29, 1.82) is 0 Å². The highest BCUT2D eigenvalue weighted by atomic mass is 35.5. The molecule has 10 nitrogen and oxygen atoms in total. The maximum Gasteiger partial charge on any atom is 0.305 e. The molecule has 0 bridgehead atoms. The average molecular weight is 409 g/mol. The molecule has 1 fully saturated rings. The van der Waals surface area contributed by atoms with Crippen molar-refractivity contribution in [3.63, 3.8) is 0 Å². The van der Waals surface area contributed by atoms with Crippen LogP contribution in [0.5, 0.6) is 0 Å². The summed E-state index contributed by atoms with van der Waals surface area (Å²) in [5, 5.41) is 30.9. The van der Waals surface area contributed by atoms with E-state index in [1.54, 1.807) is 0 Å². The van der Waals surface area contributed by atoms with Gasteiger partial charge in [0.05, 0.1) is 6.61 Å². The van der Waals surface area contributed by atoms with E-state index < -0.39 is 36.2 Å². The minimum atomic E-state index is -1.58. The number of anilines is 1. The number of imidazole rings is 1. The summed E-state index contributed by atoms with van der Waals surface area (Å²) in [7, 11) is 0. The number of rotatable bonds is 4. The fourth-order valence-electron chi connectivity index (χ4n) is 3.66. The number of ether oxygens (including phenoxy) is 1. The van der Waals surface area contributed by atoms with Crippen molar-refractivity contribution in [2.24, 2.45) is 0 Å². The second-order valence-corrected chi connectivity index (χ2v) is 7.07. The van der Waals surface area contributed by atoms with Gasteiger partial charge in [-0.15, -0.1) is 4.09 Å². The smallest absolute Gasteiger partial charge is 0.305 e. The maximum atomic E-state index is 12.3. The van der Waals surface area contributed by atoms with E-state index in [1.165, 1.54) is 10.9 Å². The number of aromatic amines is 1. The van der Waals surface area contributed by atoms with Gasteiger partial charge in [0.25, 0.3) is 17.5 Å². The van der Waals surface area contributed by atoms with Gasteiger partial charge in [0.1, 0.15) is 24.0 Å². The standard InChI is InChI=1S/C17H18ClN5O5/c18-23-8-22(14-11(23)15(27)21-16(19)20-14)17(6-9-4-2-1-3-5-9)13(26)12(25)10(7-24)28-17/h1-5,8,10,12-13,24-26H,6-7H2,(H2-,19,20,21,27)/p+1/t10-,12-,13-,17-/m1/s1. The number of hydrogen-bond donors (Lipinski definition) is 5. The molecule has 0 saturated carbocycles. The van der Waals surface area contributed by atoms with E-state index in [1.807, 2.05) is 30.3 Å². The number of halogens is 1. The number of nitrogens with zero attached hydrogens (tertiary/aromatic N) is 3. The number of nitrogen functional groups attached to an aromatic ring is 1. The molecular weight excluding hydrogens is 390 g/mol. The topological polar surface area (TPSA) is 150 Å². The number of hydrogen-bond acceptors (Lipinski definition) is 7. The lowest BCUT2D eigenvalue weighted by Gasteiger charge is -2.29. The lowest BCUT2D eigenvalue weighted by Crippen LogP contribution is -2.47. The van der Waals surface area contributed by atoms with Crippen molar-refractivity contribution in [2.45, 2.75) is 30.5 Å². The molecule has 6 N–H and O–H groups in total. The van der Waals surface area contributed by atoms with Gasteiger partial charge in [-0.1, -0.05) is 30.3 Å². The van der Waals surface area contributed by atoms with Crippen LogP contribution < -0.4 is 15.4 Å². The van der Waals surface area contributed by atoms with Crippen LogP contribution in [0.15, 0.2) is 41.5 Å². The Balaban J connectivity index is 1.97. The largest absolute Gasteiger partial charge is 0.394 e. The highest BCUT2D eigenvalue weighted by Gasteiger charge is 2.59. The van der Waals surface area contributed by atoms with Crippen LogP contribution in [0.2, 0.25) is 0 Å². The Hall–Kier alpha value is -2.50. The van der Waals surface area contributed by atoms with Gasteiger partial charge >= 0.3 is 5.56 Å². The van der Waals surface area contributed by atoms with Gasteiger partial charge in [0, 0.05) is 6.42 Å². The van der Waals surface area contributed by atoms with Crippen LogP contribution in [0.3, 0.4) is 0 Å². The predicted molar refractivity (Wildman–Crippen MR) is 98.3 cm³/mol. The van der Waals surface area contributed by atoms with Gasteiger partial charge < -0.3 is 25.8 Å². The number of aromatic nitrogens is 4. The summed E-state index contributed by atoms with van der Waals surface area (Å²) < 4.78 is 8.35. The van der Waals surface area contributed by atoms with Gasteiger partial charge in [-0.3, -0.25) is 9.78 Å². The van der Waals surface area contributed by atoms with E-state index in [9.17, 15) is 20.1 Å². The van der Waals surface area contributed by atoms with Crippen LogP contribution in [-0.2, 0) is 16.9 Å². The number of aliphatic hydroxyl groups excluding tert-OH is 3. The first-order chi connectivity index (χ1) is 13.4. The van der Waals surface area contributed by atoms with Crippen molar-refractivity contribution >= 4 is 28.9 Å². The molecule has 2 aromatic heterocycles. The zero-order valence-electron chi connectivity index (χ0n) is 14.6. The normalized spacial score (nSPS) is 27.5. The number of nitrogens with two attached hydrogens (primary N) is 1. The van der Waals surface area contributed by atoms with Crippen LogP contribution in [0, 0.1) is 0 Å². The third-order valence-corrected chi connectivity index (χ3v) is 5.22. The zero-order chi connectivity index (χ0) is 20.1. The van der Waals surface area contributed by atoms with Crippen LogP contribution in [0.25, 0.3) is 11.2 Å². The van der Waals surface area contributed by atoms with Crippen LogP contribution in [0.4, 0.5) is 5.95 Å². The number of H-pyrrole nitrogens is 1. The average Bonchev–Trinajstić information content (AvgIpc) is 3.12. The van der Waals surface area contributed by atoms with Crippen molar-refractivity contribution in [3.8, 4) is 0 Å². The summed E-state index contributed by atoms with van der Waals surface area (Å²) in [6.45, 7) is -0.509. The molecule has 4 rings (SSSR count). The molecule has 0 spiro atoms. The van der Waals surface area contributed by atoms with Crippen LogP contribution in [0.1, 0.15) is 5.56 Å². The lowest BCUT2D eigenvalue weighted by atomic mass is 9.95. The number of benzene rings is 1. The molecule has 3 aromatic rings. The van der Waals surface area contributed by atoms with Crippen molar-refractivity contribution in [2.75, 3.05) is 12.3 Å². The fraction of sp³-hybridized carbons (Fsp3) is 0.353. The summed E-state index contributed by atoms with van der Waals surface area (Å²) in [6.07, 6.45) is -2.42. The van der Waals surface area contributed by atoms with E-state index in [0.717, 1.165) is 9.65 Å². The molecular formula is C17H19ClN5O5+. The minimum absolute atomic E-state index is 0.000964. The Morgan fingerprint density at radius 3 is 2.71 bits per heavy atom. The molecule has 1 aliphatic rings. The molecule has 11 heteroatoms. The van der Waals surface area contributed by atoms with Gasteiger partial charge in [-0.2, -0.15) is 9.55 Å². The first-order valence-corrected chi connectivity index (χ1v) is 8.89. The van der Waals surface area contributed by atoms with Gasteiger partial charge in [-0.05, 0) is 5.56 Å². The highest BCUT2D eigenvalue weighted by molar-refractivity contribution is 6.05. The van der Waals surface area contributed by atoms with Gasteiger partial charge in [-0.25, -0.2) is 0 Å². The third-order valence-electron chi connectivity index (χ3n) is 4.96. The molecule has 4 atom stereocenters. The highest BCUT2D eigenvalue weighted by Crippen LogP contribution is 2.39. The zero-order valence-corrected chi connectivity index (χ0v) is 15.3. The fourth-order valence-corrected chi connectivity index (χ4v) is 3.90. The van der Waals surface area contributed by atoms with Gasteiger partial charge in [0.2, 0.25) is 11.7 Å². The maximum absolute atomic E-state index is 12.3. The summed E-state index contributed by atoms with van der Waals surface area (Å²) in [5.41, 5.74) is 4.39. The quantitative estimate of drug-likeness (QED) is 0.356. The van der Waals surface area contributed by atoms with Crippen molar-refractivity contribution in [3.05, 3.63) is 52.6 Å². The minimum Gasteiger partial charge on any atom is -0.394 e. The molecule has 1 aromatic carbocycles. The summed E-state index contributed by atoms with van der Waals surface area (Å²) in [5.74, 6) is -0.143. The monoisotopic (exact) mass is 408 g/mol. The first-order valence-electron chi connectivity index (χ1n) is 8.55. The third kappa shape index (κ3) is 2.77. The summed E-state index contributed by atoms with van der Waals surface area (Å²) in [6, 6.07) is 9.13. The Morgan fingerprint density at radius 2 is 2.07 bits per heavy atom. The van der Waals surface area contributed by atoms with E-state index in [4.69, 9.17) is 22.2 Å². The Bertz CT molecular complexity index is 1070. The van der Waals surface area contributed by atoms with E-state index >= 15 is 0 Å². The Morgan fingerprint density at radius 1 is 1.36 bits per heavy atom. The molecule has 148 valence electrons. The lowest BCUT2D eigenvalue weighted by molar-refractivity contribution is -0.492. The summed E-state index contributed by atoms with van der Waals surface area (Å²) in [4.78, 5) is 18.8. The number of nitrogens with one attached hydrogen (secondary N) is 1. The molecule has 0 aliphatic carbocycles. The summed E-state index contributed by atoms with van der Waals surface area (Å²) >= 11 is 6.18. The van der Waals surface area contributed by atoms with Crippen molar-refractivity contribution in [1.82, 2.24) is 14.5 Å². The first kappa shape index (κ1) is 18.8. The molecule has 0 unspecified atom stereocenters. The molecule has 0 radical (unpaired) electrons.